The van der Waals surface area contributed by atoms with Crippen LogP contribution in [0.15, 0.2) is 43.0 Å². The van der Waals surface area contributed by atoms with Gasteiger partial charge in [0.2, 0.25) is 0 Å². The Balaban J connectivity index is 0.00000261. The zero-order valence-electron chi connectivity index (χ0n) is 16.0. The van der Waals surface area contributed by atoms with Crippen LogP contribution in [0.2, 0.25) is 0 Å². The minimum atomic E-state index is 0. The fraction of sp³-hybridized carbons (Fsp3) is 0.364. The van der Waals surface area contributed by atoms with Crippen LogP contribution in [0.5, 0.6) is 17.2 Å². The monoisotopic (exact) mass is 389 g/mol. The summed E-state index contributed by atoms with van der Waals surface area (Å²) in [4.78, 5) is 2.37. The van der Waals surface area contributed by atoms with Crippen LogP contribution in [0.4, 0.5) is 0 Å². The van der Waals surface area contributed by atoms with Crippen LogP contribution in [0.3, 0.4) is 0 Å². The fourth-order valence-electron chi connectivity index (χ4n) is 3.72. The highest BCUT2D eigenvalue weighted by Gasteiger charge is 2.19. The fourth-order valence-corrected chi connectivity index (χ4v) is 3.72. The molecule has 0 amide bonds. The van der Waals surface area contributed by atoms with E-state index in [0.717, 1.165) is 50.4 Å². The Labute approximate surface area is 167 Å². The highest BCUT2D eigenvalue weighted by Crippen LogP contribution is 2.35. The van der Waals surface area contributed by atoms with Crippen LogP contribution >= 0.6 is 12.4 Å². The van der Waals surface area contributed by atoms with Crippen molar-refractivity contribution in [3.63, 3.8) is 0 Å². The lowest BCUT2D eigenvalue weighted by atomic mass is 9.93. The van der Waals surface area contributed by atoms with E-state index in [4.69, 9.17) is 9.47 Å². The van der Waals surface area contributed by atoms with Gasteiger partial charge in [-0.2, -0.15) is 0 Å². The first-order valence-corrected chi connectivity index (χ1v) is 9.03. The van der Waals surface area contributed by atoms with E-state index in [2.05, 4.69) is 17.5 Å². The van der Waals surface area contributed by atoms with Crippen molar-refractivity contribution in [3.05, 3.63) is 65.2 Å². The molecule has 0 spiro atoms. The lowest BCUT2D eigenvalue weighted by Crippen LogP contribution is -2.27. The molecule has 1 N–H and O–H groups in total. The summed E-state index contributed by atoms with van der Waals surface area (Å²) in [5, 5.41) is 9.90. The SMILES string of the molecule is C=CCN1CCc2ccc(O)cc2CCc2ccc(OC)c(OC)c2C1.Cl. The van der Waals surface area contributed by atoms with E-state index in [1.165, 1.54) is 22.3 Å². The molecule has 0 bridgehead atoms. The quantitative estimate of drug-likeness (QED) is 0.797. The number of fused-ring (bicyclic) bond motifs is 2. The number of benzene rings is 2. The molecule has 1 heterocycles. The molecule has 0 aliphatic carbocycles. The number of hydrogen-bond donors (Lipinski definition) is 1. The molecule has 146 valence electrons. The Morgan fingerprint density at radius 2 is 1.78 bits per heavy atom. The molecule has 1 aliphatic heterocycles. The average Bonchev–Trinajstić information content (AvgIpc) is 2.65. The summed E-state index contributed by atoms with van der Waals surface area (Å²) >= 11 is 0. The molecule has 4 nitrogen and oxygen atoms in total. The zero-order valence-corrected chi connectivity index (χ0v) is 16.8. The first kappa shape index (κ1) is 21.1. The second-order valence-corrected chi connectivity index (χ2v) is 6.67. The predicted molar refractivity (Wildman–Crippen MR) is 111 cm³/mol. The summed E-state index contributed by atoms with van der Waals surface area (Å²) < 4.78 is 11.2. The molecule has 3 rings (SSSR count). The zero-order chi connectivity index (χ0) is 18.5. The number of nitrogens with zero attached hydrogens (tertiary/aromatic N) is 1. The van der Waals surface area contributed by atoms with E-state index >= 15 is 0 Å². The molecule has 27 heavy (non-hydrogen) atoms. The molecule has 0 fully saturated rings. The Hall–Kier alpha value is -2.17. The van der Waals surface area contributed by atoms with Gasteiger partial charge in [-0.1, -0.05) is 18.2 Å². The third kappa shape index (κ3) is 4.76. The van der Waals surface area contributed by atoms with Crippen molar-refractivity contribution in [1.29, 1.82) is 0 Å². The number of hydrogen-bond acceptors (Lipinski definition) is 4. The average molecular weight is 390 g/mol. The first-order chi connectivity index (χ1) is 12.7. The first-order valence-electron chi connectivity index (χ1n) is 9.03. The van der Waals surface area contributed by atoms with Crippen molar-refractivity contribution in [3.8, 4) is 17.2 Å². The minimum Gasteiger partial charge on any atom is -0.508 e. The normalized spacial score (nSPS) is 14.3. The van der Waals surface area contributed by atoms with E-state index in [1.807, 2.05) is 24.3 Å². The molecule has 0 radical (unpaired) electrons. The van der Waals surface area contributed by atoms with Gasteiger partial charge < -0.3 is 14.6 Å². The summed E-state index contributed by atoms with van der Waals surface area (Å²) in [6.07, 6.45) is 4.68. The molecule has 2 aromatic carbocycles. The van der Waals surface area contributed by atoms with Crippen molar-refractivity contribution < 1.29 is 14.6 Å². The van der Waals surface area contributed by atoms with Crippen LogP contribution in [0, 0.1) is 0 Å². The molecular formula is C22H28ClNO3. The van der Waals surface area contributed by atoms with E-state index in [9.17, 15) is 5.11 Å². The van der Waals surface area contributed by atoms with Gasteiger partial charge in [0.15, 0.2) is 11.5 Å². The second-order valence-electron chi connectivity index (χ2n) is 6.67. The molecule has 1 aliphatic rings. The van der Waals surface area contributed by atoms with Crippen LogP contribution in [0.25, 0.3) is 0 Å². The van der Waals surface area contributed by atoms with Crippen molar-refractivity contribution in [2.24, 2.45) is 0 Å². The minimum absolute atomic E-state index is 0. The van der Waals surface area contributed by atoms with Gasteiger partial charge in [-0.05, 0) is 54.2 Å². The summed E-state index contributed by atoms with van der Waals surface area (Å²) in [6, 6.07) is 9.84. The maximum atomic E-state index is 9.90. The molecule has 2 aromatic rings. The van der Waals surface area contributed by atoms with E-state index in [-0.39, 0.29) is 12.4 Å². The Morgan fingerprint density at radius 3 is 2.48 bits per heavy atom. The Morgan fingerprint density at radius 1 is 1.04 bits per heavy atom. The number of methoxy groups -OCH3 is 2. The lowest BCUT2D eigenvalue weighted by Gasteiger charge is -2.26. The molecule has 5 heteroatoms. The Kier molecular flexibility index (Phi) is 7.57. The molecule has 0 saturated carbocycles. The number of halogens is 1. The number of aromatic hydroxyl groups is 1. The highest BCUT2D eigenvalue weighted by atomic mass is 35.5. The maximum absolute atomic E-state index is 9.90. The Bertz CT molecular complexity index is 791. The van der Waals surface area contributed by atoms with Crippen molar-refractivity contribution in [1.82, 2.24) is 4.90 Å². The number of phenols is 1. The third-order valence-electron chi connectivity index (χ3n) is 5.07. The number of rotatable bonds is 4. The van der Waals surface area contributed by atoms with Crippen LogP contribution in [-0.2, 0) is 25.8 Å². The van der Waals surface area contributed by atoms with E-state index in [0.29, 0.717) is 5.75 Å². The van der Waals surface area contributed by atoms with Crippen molar-refractivity contribution in [2.75, 3.05) is 27.3 Å². The summed E-state index contributed by atoms with van der Waals surface area (Å²) in [5.74, 6) is 1.91. The molecule has 0 saturated heterocycles. The van der Waals surface area contributed by atoms with Crippen molar-refractivity contribution in [2.45, 2.75) is 25.8 Å². The highest BCUT2D eigenvalue weighted by molar-refractivity contribution is 5.85. The third-order valence-corrected chi connectivity index (χ3v) is 5.07. The van der Waals surface area contributed by atoms with Gasteiger partial charge in [-0.15, -0.1) is 19.0 Å². The predicted octanol–water partition coefficient (Wildman–Crippen LogP) is 4.16. The summed E-state index contributed by atoms with van der Waals surface area (Å²) in [5.41, 5.74) is 4.96. The van der Waals surface area contributed by atoms with Gasteiger partial charge in [0.1, 0.15) is 5.75 Å². The van der Waals surface area contributed by atoms with Gasteiger partial charge >= 0.3 is 0 Å². The standard InChI is InChI=1S/C22H27NO3.ClH/c1-4-12-23-13-11-16-7-9-19(24)14-18(16)6-5-17-8-10-21(25-2)22(26-3)20(17)15-23;/h4,7-10,14,24H,1,5-6,11-13,15H2,2-3H3;1H. The number of ether oxygens (including phenoxy) is 2. The van der Waals surface area contributed by atoms with Gasteiger partial charge in [0, 0.05) is 25.2 Å². The maximum Gasteiger partial charge on any atom is 0.165 e. The van der Waals surface area contributed by atoms with Crippen LogP contribution < -0.4 is 9.47 Å². The molecule has 0 unspecified atom stereocenters. The summed E-state index contributed by atoms with van der Waals surface area (Å²) in [6.45, 7) is 6.44. The largest absolute Gasteiger partial charge is 0.508 e. The second kappa shape index (κ2) is 9.67. The summed E-state index contributed by atoms with van der Waals surface area (Å²) in [7, 11) is 3.37. The van der Waals surface area contributed by atoms with Gasteiger partial charge in [-0.3, -0.25) is 4.90 Å². The van der Waals surface area contributed by atoms with E-state index < -0.39 is 0 Å². The van der Waals surface area contributed by atoms with Crippen LogP contribution in [0.1, 0.15) is 22.3 Å². The molecular weight excluding hydrogens is 362 g/mol. The molecule has 0 atom stereocenters. The topological polar surface area (TPSA) is 41.9 Å². The van der Waals surface area contributed by atoms with Gasteiger partial charge in [0.05, 0.1) is 14.2 Å². The van der Waals surface area contributed by atoms with Crippen LogP contribution in [-0.4, -0.2) is 37.3 Å². The van der Waals surface area contributed by atoms with Gasteiger partial charge in [-0.25, -0.2) is 0 Å². The number of aryl methyl sites for hydroxylation is 2. The van der Waals surface area contributed by atoms with Gasteiger partial charge in [0.25, 0.3) is 0 Å². The van der Waals surface area contributed by atoms with Crippen molar-refractivity contribution >= 4 is 12.4 Å². The lowest BCUT2D eigenvalue weighted by molar-refractivity contribution is 0.285. The smallest absolute Gasteiger partial charge is 0.165 e. The van der Waals surface area contributed by atoms with E-state index in [1.54, 1.807) is 20.3 Å². The number of phenolic OH excluding ortho intramolecular Hbond substituents is 1. The molecule has 0 aromatic heterocycles.